The molecular weight excluding hydrogens is 308 g/mol. The smallest absolute Gasteiger partial charge is 0.419 e. The Kier molecular flexibility index (Phi) is 4.73. The zero-order valence-electron chi connectivity index (χ0n) is 10.8. The highest BCUT2D eigenvalue weighted by molar-refractivity contribution is 6.17. The second kappa shape index (κ2) is 6.35. The van der Waals surface area contributed by atoms with E-state index in [1.807, 2.05) is 0 Å². The van der Waals surface area contributed by atoms with Gasteiger partial charge in [0.2, 0.25) is 0 Å². The van der Waals surface area contributed by atoms with E-state index in [4.69, 9.17) is 16.3 Å². The Balaban J connectivity index is 2.21. The van der Waals surface area contributed by atoms with Crippen LogP contribution in [0.1, 0.15) is 16.7 Å². The third kappa shape index (κ3) is 4.11. The minimum atomic E-state index is -4.53. The van der Waals surface area contributed by atoms with Crippen molar-refractivity contribution >= 4 is 11.6 Å². The molecule has 0 aromatic heterocycles. The van der Waals surface area contributed by atoms with Crippen LogP contribution < -0.4 is 4.74 Å². The third-order valence-corrected chi connectivity index (χ3v) is 3.12. The molecule has 112 valence electrons. The first-order chi connectivity index (χ1) is 9.90. The summed E-state index contributed by atoms with van der Waals surface area (Å²) in [6.07, 6.45) is -4.53. The van der Waals surface area contributed by atoms with Crippen LogP contribution in [0.2, 0.25) is 0 Å². The van der Waals surface area contributed by atoms with Gasteiger partial charge in [-0.15, -0.1) is 11.6 Å². The first-order valence-corrected chi connectivity index (χ1v) is 6.57. The highest BCUT2D eigenvalue weighted by atomic mass is 35.5. The van der Waals surface area contributed by atoms with Gasteiger partial charge < -0.3 is 4.74 Å². The average molecular weight is 319 g/mol. The van der Waals surface area contributed by atoms with E-state index in [0.717, 1.165) is 6.07 Å². The summed E-state index contributed by atoms with van der Waals surface area (Å²) in [5.74, 6) is -0.705. The van der Waals surface area contributed by atoms with Gasteiger partial charge in [-0.1, -0.05) is 18.2 Å². The first-order valence-electron chi connectivity index (χ1n) is 6.03. The van der Waals surface area contributed by atoms with Crippen molar-refractivity contribution in [2.45, 2.75) is 18.7 Å². The molecule has 6 heteroatoms. The molecule has 0 saturated carbocycles. The van der Waals surface area contributed by atoms with Crippen LogP contribution in [0.5, 0.6) is 5.75 Å². The fourth-order valence-electron chi connectivity index (χ4n) is 1.75. The Bertz CT molecular complexity index is 608. The summed E-state index contributed by atoms with van der Waals surface area (Å²) in [6.45, 7) is -0.0798. The van der Waals surface area contributed by atoms with Crippen LogP contribution in [0.15, 0.2) is 42.5 Å². The summed E-state index contributed by atoms with van der Waals surface area (Å²) in [4.78, 5) is 0. The summed E-state index contributed by atoms with van der Waals surface area (Å²) in [5.41, 5.74) is 0.0619. The van der Waals surface area contributed by atoms with Crippen molar-refractivity contribution in [1.29, 1.82) is 0 Å². The van der Waals surface area contributed by atoms with Gasteiger partial charge in [-0.05, 0) is 35.4 Å². The number of hydrogen-bond donors (Lipinski definition) is 0. The molecule has 0 fully saturated rings. The van der Waals surface area contributed by atoms with Crippen molar-refractivity contribution in [3.8, 4) is 5.75 Å². The maximum atomic E-state index is 13.0. The molecule has 0 bridgehead atoms. The second-order valence-corrected chi connectivity index (χ2v) is 4.64. The topological polar surface area (TPSA) is 9.23 Å². The SMILES string of the molecule is Fc1ccc(COc2ccc(CCl)cc2C(F)(F)F)cc1. The molecule has 0 unspecified atom stereocenters. The van der Waals surface area contributed by atoms with E-state index >= 15 is 0 Å². The van der Waals surface area contributed by atoms with Gasteiger partial charge in [-0.2, -0.15) is 13.2 Å². The molecule has 1 nitrogen and oxygen atoms in total. The Labute approximate surface area is 124 Å². The van der Waals surface area contributed by atoms with Gasteiger partial charge in [0.15, 0.2) is 0 Å². The molecule has 21 heavy (non-hydrogen) atoms. The minimum Gasteiger partial charge on any atom is -0.488 e. The van der Waals surface area contributed by atoms with Crippen LogP contribution in [-0.2, 0) is 18.7 Å². The van der Waals surface area contributed by atoms with Crippen molar-refractivity contribution in [1.82, 2.24) is 0 Å². The third-order valence-electron chi connectivity index (χ3n) is 2.81. The summed E-state index contributed by atoms with van der Waals surface area (Å²) in [6, 6.07) is 9.03. The van der Waals surface area contributed by atoms with Crippen LogP contribution in [0, 0.1) is 5.82 Å². The summed E-state index contributed by atoms with van der Waals surface area (Å²) in [5, 5.41) is 0. The van der Waals surface area contributed by atoms with Crippen molar-refractivity contribution in [3.05, 3.63) is 65.0 Å². The molecule has 0 saturated heterocycles. The van der Waals surface area contributed by atoms with E-state index in [1.165, 1.54) is 36.4 Å². The predicted molar refractivity (Wildman–Crippen MR) is 71.7 cm³/mol. The number of ether oxygens (including phenoxy) is 1. The van der Waals surface area contributed by atoms with Gasteiger partial charge in [0.25, 0.3) is 0 Å². The van der Waals surface area contributed by atoms with E-state index in [2.05, 4.69) is 0 Å². The van der Waals surface area contributed by atoms with Crippen LogP contribution in [0.3, 0.4) is 0 Å². The fourth-order valence-corrected chi connectivity index (χ4v) is 1.92. The van der Waals surface area contributed by atoms with Gasteiger partial charge in [0.1, 0.15) is 18.2 Å². The molecule has 2 rings (SSSR count). The van der Waals surface area contributed by atoms with Gasteiger partial charge in [0.05, 0.1) is 5.56 Å². The molecule has 0 amide bonds. The molecule has 2 aromatic rings. The van der Waals surface area contributed by atoms with Crippen LogP contribution >= 0.6 is 11.6 Å². The van der Waals surface area contributed by atoms with Crippen molar-refractivity contribution in [2.75, 3.05) is 0 Å². The molecule has 0 heterocycles. The lowest BCUT2D eigenvalue weighted by atomic mass is 10.1. The predicted octanol–water partition coefficient (Wildman–Crippen LogP) is 5.16. The van der Waals surface area contributed by atoms with E-state index < -0.39 is 17.6 Å². The largest absolute Gasteiger partial charge is 0.488 e. The van der Waals surface area contributed by atoms with Gasteiger partial charge in [0, 0.05) is 5.88 Å². The lowest BCUT2D eigenvalue weighted by molar-refractivity contribution is -0.139. The molecule has 0 aliphatic heterocycles. The van der Waals surface area contributed by atoms with E-state index in [-0.39, 0.29) is 18.2 Å². The van der Waals surface area contributed by atoms with Gasteiger partial charge in [-0.25, -0.2) is 4.39 Å². The van der Waals surface area contributed by atoms with E-state index in [0.29, 0.717) is 11.1 Å². The fraction of sp³-hybridized carbons (Fsp3) is 0.200. The van der Waals surface area contributed by atoms with Crippen LogP contribution in [0.4, 0.5) is 17.6 Å². The highest BCUT2D eigenvalue weighted by Gasteiger charge is 2.34. The molecule has 0 aliphatic carbocycles. The quantitative estimate of drug-likeness (QED) is 0.558. The Morgan fingerprint density at radius 2 is 1.57 bits per heavy atom. The molecule has 0 radical (unpaired) electrons. The molecule has 0 atom stereocenters. The zero-order chi connectivity index (χ0) is 15.5. The highest BCUT2D eigenvalue weighted by Crippen LogP contribution is 2.37. The van der Waals surface area contributed by atoms with Crippen molar-refractivity contribution < 1.29 is 22.3 Å². The van der Waals surface area contributed by atoms with Crippen LogP contribution in [-0.4, -0.2) is 0 Å². The molecule has 0 spiro atoms. The number of rotatable bonds is 4. The Morgan fingerprint density at radius 1 is 0.952 bits per heavy atom. The maximum Gasteiger partial charge on any atom is 0.419 e. The standard InChI is InChI=1S/C15H11ClF4O/c16-8-11-3-6-14(13(7-11)15(18,19)20)21-9-10-1-4-12(17)5-2-10/h1-7H,8-9H2. The Hall–Kier alpha value is -1.75. The van der Waals surface area contributed by atoms with Gasteiger partial charge in [-0.3, -0.25) is 0 Å². The minimum absolute atomic E-state index is 0.0126. The number of benzene rings is 2. The lowest BCUT2D eigenvalue weighted by Gasteiger charge is -2.15. The average Bonchev–Trinajstić information content (AvgIpc) is 2.45. The van der Waals surface area contributed by atoms with Crippen molar-refractivity contribution in [3.63, 3.8) is 0 Å². The summed E-state index contributed by atoms with van der Waals surface area (Å²) >= 11 is 5.55. The normalized spacial score (nSPS) is 11.5. The van der Waals surface area contributed by atoms with E-state index in [1.54, 1.807) is 0 Å². The zero-order valence-corrected chi connectivity index (χ0v) is 11.5. The van der Waals surface area contributed by atoms with Crippen LogP contribution in [0.25, 0.3) is 0 Å². The second-order valence-electron chi connectivity index (χ2n) is 4.38. The molecule has 0 N–H and O–H groups in total. The molecule has 2 aromatic carbocycles. The first kappa shape index (κ1) is 15.6. The number of halogens is 5. The van der Waals surface area contributed by atoms with Gasteiger partial charge >= 0.3 is 6.18 Å². The maximum absolute atomic E-state index is 13.0. The molecular formula is C15H11ClF4O. The number of hydrogen-bond acceptors (Lipinski definition) is 1. The summed E-state index contributed by atoms with van der Waals surface area (Å²) in [7, 11) is 0. The monoisotopic (exact) mass is 318 g/mol. The van der Waals surface area contributed by atoms with Crippen molar-refractivity contribution in [2.24, 2.45) is 0 Å². The Morgan fingerprint density at radius 3 is 2.14 bits per heavy atom. The summed E-state index contributed by atoms with van der Waals surface area (Å²) < 4.78 is 56.9. The molecule has 0 aliphatic rings. The lowest BCUT2D eigenvalue weighted by Crippen LogP contribution is -2.09. The van der Waals surface area contributed by atoms with E-state index in [9.17, 15) is 17.6 Å². The number of alkyl halides is 4.